The van der Waals surface area contributed by atoms with Crippen LogP contribution in [0.25, 0.3) is 0 Å². The van der Waals surface area contributed by atoms with Gasteiger partial charge in [-0.15, -0.1) is 0 Å². The van der Waals surface area contributed by atoms with Crippen LogP contribution in [0.1, 0.15) is 6.92 Å². The van der Waals surface area contributed by atoms with E-state index in [0.717, 1.165) is 0 Å². The zero-order valence-corrected chi connectivity index (χ0v) is 7.43. The Kier molecular flexibility index (Phi) is 6.02. The van der Waals surface area contributed by atoms with Crippen molar-refractivity contribution >= 4 is 0 Å². The Morgan fingerprint density at radius 2 is 1.92 bits per heavy atom. The maximum atomic E-state index is 12.0. The summed E-state index contributed by atoms with van der Waals surface area (Å²) < 4.78 is 45.2. The quantitative estimate of drug-likeness (QED) is 0.650. The topological polar surface area (TPSA) is 44.5 Å². The van der Waals surface area contributed by atoms with Crippen LogP contribution in [-0.4, -0.2) is 38.6 Å². The molecule has 13 heavy (non-hydrogen) atoms. The lowest BCUT2D eigenvalue weighted by Gasteiger charge is -2.18. The summed E-state index contributed by atoms with van der Waals surface area (Å²) in [6.45, 7) is 1.72. The third kappa shape index (κ3) is 5.84. The van der Waals surface area contributed by atoms with Crippen LogP contribution < -0.4 is 5.73 Å². The minimum Gasteiger partial charge on any atom is -0.379 e. The van der Waals surface area contributed by atoms with Crippen LogP contribution >= 0.6 is 0 Å². The van der Waals surface area contributed by atoms with Gasteiger partial charge >= 0.3 is 6.18 Å². The molecule has 0 rings (SSSR count). The van der Waals surface area contributed by atoms with Crippen molar-refractivity contribution in [3.8, 4) is 0 Å². The summed E-state index contributed by atoms with van der Waals surface area (Å²) in [6, 6.07) is 0. The van der Waals surface area contributed by atoms with E-state index in [4.69, 9.17) is 10.5 Å². The summed E-state index contributed by atoms with van der Waals surface area (Å²) in [5, 5.41) is 0. The van der Waals surface area contributed by atoms with Gasteiger partial charge in [-0.2, -0.15) is 13.2 Å². The number of rotatable bonds is 6. The number of alkyl halides is 3. The molecule has 0 aromatic heterocycles. The van der Waals surface area contributed by atoms with E-state index >= 15 is 0 Å². The van der Waals surface area contributed by atoms with E-state index in [1.807, 2.05) is 0 Å². The highest BCUT2D eigenvalue weighted by Crippen LogP contribution is 2.21. The minimum atomic E-state index is -4.39. The molecular formula is C7H14F3NO2. The average Bonchev–Trinajstić information content (AvgIpc) is 2.02. The number of nitrogens with two attached hydrogens (primary N) is 1. The number of halogens is 3. The summed E-state index contributed by atoms with van der Waals surface area (Å²) in [6.07, 6.45) is -6.27. The van der Waals surface area contributed by atoms with E-state index in [1.165, 1.54) is 0 Å². The summed E-state index contributed by atoms with van der Waals surface area (Å²) in [5.74, 6) is 0. The molecule has 0 aliphatic carbocycles. The van der Waals surface area contributed by atoms with Gasteiger partial charge in [0.2, 0.25) is 0 Å². The lowest BCUT2D eigenvalue weighted by atomic mass is 10.3. The zero-order chi connectivity index (χ0) is 10.3. The first-order valence-electron chi connectivity index (χ1n) is 3.98. The van der Waals surface area contributed by atoms with Gasteiger partial charge in [0.05, 0.1) is 13.2 Å². The molecule has 0 aromatic carbocycles. The molecular weight excluding hydrogens is 187 g/mol. The highest BCUT2D eigenvalue weighted by molar-refractivity contribution is 4.67. The van der Waals surface area contributed by atoms with Crippen LogP contribution in [-0.2, 0) is 9.47 Å². The molecule has 0 saturated carbocycles. The molecule has 0 spiro atoms. The molecule has 0 aliphatic heterocycles. The van der Waals surface area contributed by atoms with Gasteiger partial charge in [-0.05, 0) is 6.92 Å². The third-order valence-corrected chi connectivity index (χ3v) is 1.33. The first-order valence-corrected chi connectivity index (χ1v) is 3.98. The van der Waals surface area contributed by atoms with Gasteiger partial charge < -0.3 is 15.2 Å². The van der Waals surface area contributed by atoms with Gasteiger partial charge in [0.15, 0.2) is 6.10 Å². The van der Waals surface area contributed by atoms with Crippen LogP contribution in [0.2, 0.25) is 0 Å². The first-order chi connectivity index (χ1) is 6.02. The zero-order valence-electron chi connectivity index (χ0n) is 7.43. The fourth-order valence-corrected chi connectivity index (χ4v) is 0.690. The number of hydrogen-bond acceptors (Lipinski definition) is 3. The van der Waals surface area contributed by atoms with E-state index in [2.05, 4.69) is 4.74 Å². The Bertz CT molecular complexity index is 129. The van der Waals surface area contributed by atoms with Crippen LogP contribution in [0.4, 0.5) is 13.2 Å². The van der Waals surface area contributed by atoms with E-state index in [0.29, 0.717) is 6.61 Å². The van der Waals surface area contributed by atoms with Crippen molar-refractivity contribution in [1.82, 2.24) is 0 Å². The Labute approximate surface area is 75.0 Å². The lowest BCUT2D eigenvalue weighted by molar-refractivity contribution is -0.219. The summed E-state index contributed by atoms with van der Waals surface area (Å²) >= 11 is 0. The molecule has 0 heterocycles. The molecule has 0 bridgehead atoms. The fraction of sp³-hybridized carbons (Fsp3) is 1.00. The van der Waals surface area contributed by atoms with Crippen LogP contribution in [0.3, 0.4) is 0 Å². The molecule has 6 heteroatoms. The smallest absolute Gasteiger partial charge is 0.379 e. The molecule has 80 valence electrons. The van der Waals surface area contributed by atoms with E-state index in [-0.39, 0.29) is 13.2 Å². The molecule has 0 aromatic rings. The fourth-order valence-electron chi connectivity index (χ4n) is 0.690. The largest absolute Gasteiger partial charge is 0.415 e. The van der Waals surface area contributed by atoms with Crippen molar-refractivity contribution in [2.75, 3.05) is 26.4 Å². The Morgan fingerprint density at radius 1 is 1.31 bits per heavy atom. The van der Waals surface area contributed by atoms with Gasteiger partial charge in [-0.1, -0.05) is 0 Å². The second-order valence-electron chi connectivity index (χ2n) is 2.33. The molecule has 0 radical (unpaired) electrons. The molecule has 1 atom stereocenters. The molecule has 1 unspecified atom stereocenters. The maximum absolute atomic E-state index is 12.0. The van der Waals surface area contributed by atoms with Crippen molar-refractivity contribution in [2.45, 2.75) is 19.2 Å². The molecule has 2 N–H and O–H groups in total. The van der Waals surface area contributed by atoms with E-state index < -0.39 is 18.8 Å². The van der Waals surface area contributed by atoms with Crippen LogP contribution in [0, 0.1) is 0 Å². The molecule has 3 nitrogen and oxygen atoms in total. The monoisotopic (exact) mass is 201 g/mol. The molecule has 0 saturated heterocycles. The van der Waals surface area contributed by atoms with Crippen molar-refractivity contribution in [3.63, 3.8) is 0 Å². The van der Waals surface area contributed by atoms with Gasteiger partial charge in [-0.3, -0.25) is 0 Å². The summed E-state index contributed by atoms with van der Waals surface area (Å²) in [4.78, 5) is 0. The third-order valence-electron chi connectivity index (χ3n) is 1.33. The highest BCUT2D eigenvalue weighted by atomic mass is 19.4. The summed E-state index contributed by atoms with van der Waals surface area (Å²) in [5.41, 5.74) is 4.89. The second-order valence-corrected chi connectivity index (χ2v) is 2.33. The van der Waals surface area contributed by atoms with Gasteiger partial charge in [0.25, 0.3) is 0 Å². The summed E-state index contributed by atoms with van der Waals surface area (Å²) in [7, 11) is 0. The van der Waals surface area contributed by atoms with Crippen molar-refractivity contribution in [1.29, 1.82) is 0 Å². The highest BCUT2D eigenvalue weighted by Gasteiger charge is 2.39. The average molecular weight is 201 g/mol. The van der Waals surface area contributed by atoms with Crippen LogP contribution in [0.15, 0.2) is 0 Å². The number of ether oxygens (including phenoxy) is 2. The normalized spacial score (nSPS) is 14.5. The first kappa shape index (κ1) is 12.7. The molecule has 0 amide bonds. The lowest BCUT2D eigenvalue weighted by Crippen LogP contribution is -2.39. The SMILES string of the molecule is CCOCCOC(CN)C(F)(F)F. The van der Waals surface area contributed by atoms with E-state index in [9.17, 15) is 13.2 Å². The number of hydrogen-bond donors (Lipinski definition) is 1. The predicted molar refractivity (Wildman–Crippen MR) is 41.3 cm³/mol. The van der Waals surface area contributed by atoms with Gasteiger partial charge in [0.1, 0.15) is 0 Å². The van der Waals surface area contributed by atoms with Gasteiger partial charge in [-0.25, -0.2) is 0 Å². The van der Waals surface area contributed by atoms with Crippen molar-refractivity contribution in [3.05, 3.63) is 0 Å². The van der Waals surface area contributed by atoms with E-state index in [1.54, 1.807) is 6.92 Å². The molecule has 0 aliphatic rings. The maximum Gasteiger partial charge on any atom is 0.415 e. The second kappa shape index (κ2) is 6.17. The Hall–Kier alpha value is -0.330. The standard InChI is InChI=1S/C7H14F3NO2/c1-2-12-3-4-13-6(5-11)7(8,9)10/h6H,2-5,11H2,1H3. The Morgan fingerprint density at radius 3 is 2.31 bits per heavy atom. The minimum absolute atomic E-state index is 0.0881. The van der Waals surface area contributed by atoms with Gasteiger partial charge in [0, 0.05) is 13.2 Å². The van der Waals surface area contributed by atoms with Crippen molar-refractivity contribution in [2.24, 2.45) is 5.73 Å². The van der Waals surface area contributed by atoms with Crippen LogP contribution in [0.5, 0.6) is 0 Å². The Balaban J connectivity index is 3.61. The van der Waals surface area contributed by atoms with Crippen molar-refractivity contribution < 1.29 is 22.6 Å². The predicted octanol–water partition coefficient (Wildman–Crippen LogP) is 0.929. The molecule has 0 fully saturated rings.